The van der Waals surface area contributed by atoms with Gasteiger partial charge in [-0.15, -0.1) is 0 Å². The zero-order chi connectivity index (χ0) is 13.4. The van der Waals surface area contributed by atoms with Crippen molar-refractivity contribution < 1.29 is 4.79 Å². The zero-order valence-electron chi connectivity index (χ0n) is 11.0. The van der Waals surface area contributed by atoms with Gasteiger partial charge in [0.15, 0.2) is 0 Å². The van der Waals surface area contributed by atoms with Crippen LogP contribution in [-0.2, 0) is 0 Å². The van der Waals surface area contributed by atoms with Gasteiger partial charge in [0.25, 0.3) is 5.91 Å². The Morgan fingerprint density at radius 2 is 1.56 bits per heavy atom. The van der Waals surface area contributed by atoms with Gasteiger partial charge in [-0.1, -0.05) is 31.5 Å². The third-order valence-corrected chi connectivity index (χ3v) is 2.25. The van der Waals surface area contributed by atoms with Crippen molar-refractivity contribution in [2.24, 2.45) is 0 Å². The first-order valence-corrected chi connectivity index (χ1v) is 6.04. The number of benzene rings is 1. The molecule has 1 amide bonds. The van der Waals surface area contributed by atoms with E-state index < -0.39 is 0 Å². The number of hydrogen-bond donors (Lipinski definition) is 1. The van der Waals surface area contributed by atoms with E-state index in [1.54, 1.807) is 24.5 Å². The van der Waals surface area contributed by atoms with Crippen LogP contribution in [0.25, 0.3) is 0 Å². The lowest BCUT2D eigenvalue weighted by molar-refractivity contribution is 0.102. The van der Waals surface area contributed by atoms with Crippen molar-refractivity contribution in [3.8, 4) is 0 Å². The van der Waals surface area contributed by atoms with Gasteiger partial charge in [0.2, 0.25) is 0 Å². The molecule has 0 saturated heterocycles. The lowest BCUT2D eigenvalue weighted by atomic mass is 10.2. The van der Waals surface area contributed by atoms with Crippen LogP contribution < -0.4 is 5.32 Å². The van der Waals surface area contributed by atoms with E-state index in [4.69, 9.17) is 0 Å². The molecule has 0 atom stereocenters. The molecule has 0 aliphatic carbocycles. The zero-order valence-corrected chi connectivity index (χ0v) is 11.0. The summed E-state index contributed by atoms with van der Waals surface area (Å²) in [4.78, 5) is 15.6. The Morgan fingerprint density at radius 3 is 2.11 bits per heavy atom. The SMILES string of the molecule is CC.Cc1ccc(NC(=O)c2ccncc2)cc1. The molecule has 0 bridgehead atoms. The molecule has 94 valence electrons. The molecule has 0 aliphatic heterocycles. The molecular weight excluding hydrogens is 224 g/mol. The largest absolute Gasteiger partial charge is 0.322 e. The highest BCUT2D eigenvalue weighted by Crippen LogP contribution is 2.10. The third kappa shape index (κ3) is 4.01. The molecule has 2 rings (SSSR count). The lowest BCUT2D eigenvalue weighted by Crippen LogP contribution is -2.11. The van der Waals surface area contributed by atoms with E-state index in [1.807, 2.05) is 45.0 Å². The molecule has 1 N–H and O–H groups in total. The highest BCUT2D eigenvalue weighted by Gasteiger charge is 2.04. The van der Waals surface area contributed by atoms with E-state index in [1.165, 1.54) is 5.56 Å². The van der Waals surface area contributed by atoms with Crippen LogP contribution in [0, 0.1) is 6.92 Å². The summed E-state index contributed by atoms with van der Waals surface area (Å²) in [6.07, 6.45) is 3.20. The fraction of sp³-hybridized carbons (Fsp3) is 0.200. The van der Waals surface area contributed by atoms with Crippen molar-refractivity contribution in [1.29, 1.82) is 0 Å². The van der Waals surface area contributed by atoms with E-state index in [9.17, 15) is 4.79 Å². The third-order valence-electron chi connectivity index (χ3n) is 2.25. The molecule has 2 aromatic rings. The van der Waals surface area contributed by atoms with Crippen molar-refractivity contribution in [1.82, 2.24) is 4.98 Å². The summed E-state index contributed by atoms with van der Waals surface area (Å²) in [5, 5.41) is 2.82. The van der Waals surface area contributed by atoms with Crippen molar-refractivity contribution >= 4 is 11.6 Å². The average molecular weight is 242 g/mol. The minimum absolute atomic E-state index is 0.119. The molecule has 18 heavy (non-hydrogen) atoms. The summed E-state index contributed by atoms with van der Waals surface area (Å²) < 4.78 is 0. The number of hydrogen-bond acceptors (Lipinski definition) is 2. The highest BCUT2D eigenvalue weighted by atomic mass is 16.1. The standard InChI is InChI=1S/C13H12N2O.C2H6/c1-10-2-4-12(5-3-10)15-13(16)11-6-8-14-9-7-11;1-2/h2-9H,1H3,(H,15,16);1-2H3. The van der Waals surface area contributed by atoms with E-state index in [2.05, 4.69) is 10.3 Å². The fourth-order valence-electron chi connectivity index (χ4n) is 1.34. The number of carbonyl (C=O) groups is 1. The normalized spacial score (nSPS) is 9.06. The Balaban J connectivity index is 0.000000771. The summed E-state index contributed by atoms with van der Waals surface area (Å²) in [5.41, 5.74) is 2.57. The number of anilines is 1. The maximum absolute atomic E-state index is 11.8. The fourth-order valence-corrected chi connectivity index (χ4v) is 1.34. The molecule has 1 aromatic heterocycles. The van der Waals surface area contributed by atoms with E-state index >= 15 is 0 Å². The van der Waals surface area contributed by atoms with Crippen LogP contribution >= 0.6 is 0 Å². The predicted molar refractivity (Wildman–Crippen MR) is 74.7 cm³/mol. The van der Waals surface area contributed by atoms with Crippen LogP contribution in [0.15, 0.2) is 48.8 Å². The summed E-state index contributed by atoms with van der Waals surface area (Å²) in [7, 11) is 0. The van der Waals surface area contributed by atoms with Gasteiger partial charge in [-0.3, -0.25) is 9.78 Å². The first kappa shape index (κ1) is 13.9. The Kier molecular flexibility index (Phi) is 5.58. The number of rotatable bonds is 2. The van der Waals surface area contributed by atoms with Gasteiger partial charge >= 0.3 is 0 Å². The smallest absolute Gasteiger partial charge is 0.255 e. The van der Waals surface area contributed by atoms with Crippen LogP contribution in [0.4, 0.5) is 5.69 Å². The van der Waals surface area contributed by atoms with Crippen molar-refractivity contribution in [2.75, 3.05) is 5.32 Å². The first-order valence-electron chi connectivity index (χ1n) is 6.04. The Labute approximate surface area is 108 Å². The van der Waals surface area contributed by atoms with Crippen LogP contribution in [0.3, 0.4) is 0 Å². The minimum atomic E-state index is -0.119. The number of aryl methyl sites for hydroxylation is 1. The van der Waals surface area contributed by atoms with Gasteiger partial charge in [0, 0.05) is 23.6 Å². The number of pyridine rings is 1. The quantitative estimate of drug-likeness (QED) is 0.873. The second kappa shape index (κ2) is 7.22. The molecule has 0 fully saturated rings. The Hall–Kier alpha value is -2.16. The molecule has 0 radical (unpaired) electrons. The number of nitrogens with zero attached hydrogens (tertiary/aromatic N) is 1. The van der Waals surface area contributed by atoms with Crippen molar-refractivity contribution in [3.05, 3.63) is 59.9 Å². The van der Waals surface area contributed by atoms with Gasteiger partial charge in [0.1, 0.15) is 0 Å². The summed E-state index contributed by atoms with van der Waals surface area (Å²) in [6, 6.07) is 11.1. The monoisotopic (exact) mass is 242 g/mol. The highest BCUT2D eigenvalue weighted by molar-refractivity contribution is 6.04. The summed E-state index contributed by atoms with van der Waals surface area (Å²) in [5.74, 6) is -0.119. The molecule has 0 aliphatic rings. The van der Waals surface area contributed by atoms with Gasteiger partial charge in [-0.25, -0.2) is 0 Å². The maximum Gasteiger partial charge on any atom is 0.255 e. The lowest BCUT2D eigenvalue weighted by Gasteiger charge is -2.04. The molecule has 1 aromatic carbocycles. The van der Waals surface area contributed by atoms with Crippen LogP contribution in [0.2, 0.25) is 0 Å². The second-order valence-electron chi connectivity index (χ2n) is 3.56. The summed E-state index contributed by atoms with van der Waals surface area (Å²) in [6.45, 7) is 6.01. The topological polar surface area (TPSA) is 42.0 Å². The second-order valence-corrected chi connectivity index (χ2v) is 3.56. The first-order chi connectivity index (χ1) is 8.75. The van der Waals surface area contributed by atoms with Crippen LogP contribution in [-0.4, -0.2) is 10.9 Å². The molecule has 3 nitrogen and oxygen atoms in total. The van der Waals surface area contributed by atoms with Gasteiger partial charge in [0.05, 0.1) is 0 Å². The van der Waals surface area contributed by atoms with Gasteiger partial charge in [-0.2, -0.15) is 0 Å². The minimum Gasteiger partial charge on any atom is -0.322 e. The van der Waals surface area contributed by atoms with Gasteiger partial charge < -0.3 is 5.32 Å². The van der Waals surface area contributed by atoms with Crippen LogP contribution in [0.1, 0.15) is 29.8 Å². The van der Waals surface area contributed by atoms with Crippen LogP contribution in [0.5, 0.6) is 0 Å². The van der Waals surface area contributed by atoms with Crippen molar-refractivity contribution in [3.63, 3.8) is 0 Å². The number of aromatic nitrogens is 1. The molecule has 0 spiro atoms. The van der Waals surface area contributed by atoms with E-state index in [0.717, 1.165) is 5.69 Å². The molecular formula is C15H18N2O. The Bertz CT molecular complexity index is 478. The van der Waals surface area contributed by atoms with E-state index in [-0.39, 0.29) is 5.91 Å². The predicted octanol–water partition coefficient (Wildman–Crippen LogP) is 3.67. The van der Waals surface area contributed by atoms with Gasteiger partial charge in [-0.05, 0) is 31.2 Å². The average Bonchev–Trinajstić information content (AvgIpc) is 2.44. The maximum atomic E-state index is 11.8. The Morgan fingerprint density at radius 1 is 1.00 bits per heavy atom. The molecule has 1 heterocycles. The summed E-state index contributed by atoms with van der Waals surface area (Å²) >= 11 is 0. The number of nitrogens with one attached hydrogen (secondary N) is 1. The molecule has 0 unspecified atom stereocenters. The van der Waals surface area contributed by atoms with E-state index in [0.29, 0.717) is 5.56 Å². The molecule has 0 saturated carbocycles. The number of amides is 1. The van der Waals surface area contributed by atoms with Crippen molar-refractivity contribution in [2.45, 2.75) is 20.8 Å². The number of carbonyl (C=O) groups excluding carboxylic acids is 1. The molecule has 3 heteroatoms.